The maximum Gasteiger partial charge on any atom is 0.0521 e. The van der Waals surface area contributed by atoms with Gasteiger partial charge in [-0.15, -0.1) is 0 Å². The van der Waals surface area contributed by atoms with Crippen molar-refractivity contribution in [2.45, 2.75) is 12.2 Å². The summed E-state index contributed by atoms with van der Waals surface area (Å²) in [7, 11) is 0. The maximum atomic E-state index is 8.52. The average Bonchev–Trinajstić information content (AvgIpc) is 2.01. The first kappa shape index (κ1) is 11.6. The Bertz CT molecular complexity index is 80.8. The van der Waals surface area contributed by atoms with E-state index in [4.69, 9.17) is 10.2 Å². The van der Waals surface area contributed by atoms with Crippen molar-refractivity contribution in [3.05, 3.63) is 0 Å². The molecule has 0 aliphatic heterocycles. The van der Waals surface area contributed by atoms with E-state index in [1.54, 1.807) is 23.5 Å². The molecule has 11 heavy (non-hydrogen) atoms. The third kappa shape index (κ3) is 8.53. The SMILES string of the molecule is C[C@H](CSCCO)SCCO. The summed E-state index contributed by atoms with van der Waals surface area (Å²) in [6.07, 6.45) is 0. The van der Waals surface area contributed by atoms with Gasteiger partial charge in [-0.25, -0.2) is 0 Å². The van der Waals surface area contributed by atoms with Crippen molar-refractivity contribution >= 4 is 23.5 Å². The first-order valence-corrected chi connectivity index (χ1v) is 5.92. The maximum absolute atomic E-state index is 8.52. The minimum Gasteiger partial charge on any atom is -0.396 e. The van der Waals surface area contributed by atoms with Crippen LogP contribution >= 0.6 is 23.5 Å². The molecule has 0 saturated carbocycles. The van der Waals surface area contributed by atoms with Gasteiger partial charge in [0.05, 0.1) is 13.2 Å². The molecule has 0 aromatic rings. The van der Waals surface area contributed by atoms with Gasteiger partial charge in [-0.2, -0.15) is 23.5 Å². The summed E-state index contributed by atoms with van der Waals surface area (Å²) in [5.74, 6) is 2.70. The summed E-state index contributed by atoms with van der Waals surface area (Å²) in [5, 5.41) is 17.6. The lowest BCUT2D eigenvalue weighted by Gasteiger charge is -2.08. The number of aliphatic hydroxyl groups excluding tert-OH is 2. The topological polar surface area (TPSA) is 40.5 Å². The van der Waals surface area contributed by atoms with Crippen LogP contribution in [0.3, 0.4) is 0 Å². The lowest BCUT2D eigenvalue weighted by atomic mass is 10.6. The first-order chi connectivity index (χ1) is 5.31. The van der Waals surface area contributed by atoms with Gasteiger partial charge < -0.3 is 10.2 Å². The van der Waals surface area contributed by atoms with E-state index in [1.165, 1.54) is 0 Å². The van der Waals surface area contributed by atoms with Crippen LogP contribution in [0.5, 0.6) is 0 Å². The van der Waals surface area contributed by atoms with E-state index in [0.29, 0.717) is 5.25 Å². The number of rotatable bonds is 7. The molecule has 2 N–H and O–H groups in total. The van der Waals surface area contributed by atoms with Gasteiger partial charge in [0.2, 0.25) is 0 Å². The van der Waals surface area contributed by atoms with E-state index in [0.717, 1.165) is 17.3 Å². The second-order valence-corrected chi connectivity index (χ2v) is 4.90. The summed E-state index contributed by atoms with van der Waals surface area (Å²) in [6.45, 7) is 2.67. The van der Waals surface area contributed by atoms with Crippen molar-refractivity contribution in [1.29, 1.82) is 0 Å². The minimum atomic E-state index is 0.264. The highest BCUT2D eigenvalue weighted by Gasteiger charge is 2.00. The molecule has 0 bridgehead atoms. The monoisotopic (exact) mass is 196 g/mol. The molecule has 0 aromatic heterocycles. The summed E-state index contributed by atoms with van der Waals surface area (Å²) in [5.41, 5.74) is 0. The van der Waals surface area contributed by atoms with Crippen LogP contribution in [-0.4, -0.2) is 45.9 Å². The Kier molecular flexibility index (Phi) is 9.21. The van der Waals surface area contributed by atoms with E-state index >= 15 is 0 Å². The van der Waals surface area contributed by atoms with Gasteiger partial charge in [0.1, 0.15) is 0 Å². The summed E-state index contributed by atoms with van der Waals surface area (Å²) in [4.78, 5) is 0. The second-order valence-electron chi connectivity index (χ2n) is 2.20. The molecule has 0 saturated heterocycles. The molecule has 0 rings (SSSR count). The number of thioether (sulfide) groups is 2. The van der Waals surface area contributed by atoms with E-state index in [-0.39, 0.29) is 13.2 Å². The van der Waals surface area contributed by atoms with Gasteiger partial charge in [0.25, 0.3) is 0 Å². The molecular weight excluding hydrogens is 180 g/mol. The Morgan fingerprint density at radius 2 is 1.82 bits per heavy atom. The highest BCUT2D eigenvalue weighted by Crippen LogP contribution is 2.14. The van der Waals surface area contributed by atoms with Gasteiger partial charge in [-0.3, -0.25) is 0 Å². The van der Waals surface area contributed by atoms with E-state index in [1.807, 2.05) is 0 Å². The fourth-order valence-electron chi connectivity index (χ4n) is 0.616. The van der Waals surface area contributed by atoms with Crippen LogP contribution in [0.2, 0.25) is 0 Å². The van der Waals surface area contributed by atoms with E-state index in [2.05, 4.69) is 6.92 Å². The molecule has 4 heteroatoms. The fourth-order valence-corrected chi connectivity index (χ4v) is 2.42. The fraction of sp³-hybridized carbons (Fsp3) is 1.00. The van der Waals surface area contributed by atoms with E-state index < -0.39 is 0 Å². The average molecular weight is 196 g/mol. The highest BCUT2D eigenvalue weighted by atomic mass is 32.2. The molecule has 0 aliphatic carbocycles. The van der Waals surface area contributed by atoms with Crippen LogP contribution < -0.4 is 0 Å². The van der Waals surface area contributed by atoms with Gasteiger partial charge in [0.15, 0.2) is 0 Å². The second kappa shape index (κ2) is 8.71. The summed E-state index contributed by atoms with van der Waals surface area (Å²) >= 11 is 3.53. The third-order valence-electron chi connectivity index (χ3n) is 1.08. The van der Waals surface area contributed by atoms with Crippen molar-refractivity contribution in [3.8, 4) is 0 Å². The molecule has 2 nitrogen and oxygen atoms in total. The smallest absolute Gasteiger partial charge is 0.0521 e. The quantitative estimate of drug-likeness (QED) is 0.592. The standard InChI is InChI=1S/C7H16O2S2/c1-7(11-5-3-9)6-10-4-2-8/h7-9H,2-6H2,1H3/t7-/m1/s1. The normalized spacial score (nSPS) is 13.4. The third-order valence-corrected chi connectivity index (χ3v) is 3.65. The molecule has 0 heterocycles. The van der Waals surface area contributed by atoms with Crippen molar-refractivity contribution in [2.24, 2.45) is 0 Å². The van der Waals surface area contributed by atoms with Crippen LogP contribution in [0.15, 0.2) is 0 Å². The molecule has 0 aliphatic rings. The van der Waals surface area contributed by atoms with Crippen LogP contribution in [0.1, 0.15) is 6.92 Å². The van der Waals surface area contributed by atoms with Crippen LogP contribution in [0, 0.1) is 0 Å². The van der Waals surface area contributed by atoms with Crippen molar-refractivity contribution < 1.29 is 10.2 Å². The molecule has 68 valence electrons. The van der Waals surface area contributed by atoms with Gasteiger partial charge >= 0.3 is 0 Å². The minimum absolute atomic E-state index is 0.264. The molecule has 0 spiro atoms. The van der Waals surface area contributed by atoms with Crippen LogP contribution in [0.4, 0.5) is 0 Å². The predicted octanol–water partition coefficient (Wildman–Crippen LogP) is 0.826. The molecule has 0 fully saturated rings. The van der Waals surface area contributed by atoms with Crippen molar-refractivity contribution in [3.63, 3.8) is 0 Å². The largest absolute Gasteiger partial charge is 0.396 e. The van der Waals surface area contributed by atoms with Gasteiger partial charge in [-0.05, 0) is 0 Å². The highest BCUT2D eigenvalue weighted by molar-refractivity contribution is 8.03. The number of hydrogen-bond acceptors (Lipinski definition) is 4. The number of hydrogen-bond donors (Lipinski definition) is 2. The predicted molar refractivity (Wildman–Crippen MR) is 53.4 cm³/mol. The Labute approximate surface area is 76.8 Å². The summed E-state index contributed by atoms with van der Waals surface area (Å²) < 4.78 is 0. The zero-order chi connectivity index (χ0) is 8.53. The van der Waals surface area contributed by atoms with Gasteiger partial charge in [-0.1, -0.05) is 6.92 Å². The number of aliphatic hydroxyl groups is 2. The van der Waals surface area contributed by atoms with Crippen molar-refractivity contribution in [1.82, 2.24) is 0 Å². The molecule has 1 atom stereocenters. The molecule has 0 aromatic carbocycles. The first-order valence-electron chi connectivity index (χ1n) is 3.72. The van der Waals surface area contributed by atoms with Gasteiger partial charge in [0, 0.05) is 22.5 Å². The Morgan fingerprint density at radius 1 is 1.18 bits per heavy atom. The van der Waals surface area contributed by atoms with Crippen LogP contribution in [0.25, 0.3) is 0 Å². The Balaban J connectivity index is 3.02. The zero-order valence-electron chi connectivity index (χ0n) is 6.82. The van der Waals surface area contributed by atoms with Crippen LogP contribution in [-0.2, 0) is 0 Å². The lowest BCUT2D eigenvalue weighted by Crippen LogP contribution is -2.04. The zero-order valence-corrected chi connectivity index (χ0v) is 8.46. The molecule has 0 amide bonds. The Hall–Kier alpha value is 0.620. The van der Waals surface area contributed by atoms with E-state index in [9.17, 15) is 0 Å². The summed E-state index contributed by atoms with van der Waals surface area (Å²) in [6, 6.07) is 0. The lowest BCUT2D eigenvalue weighted by molar-refractivity contribution is 0.322. The molecule has 0 radical (unpaired) electrons. The molecular formula is C7H16O2S2. The Morgan fingerprint density at radius 3 is 2.36 bits per heavy atom. The van der Waals surface area contributed by atoms with Crippen molar-refractivity contribution in [2.75, 3.05) is 30.5 Å². The molecule has 0 unspecified atom stereocenters.